The SMILES string of the molecule is COc1ccc([C@H](CC(C)C)NC(=O)/C=C/c2ccc(Cl)cc2Cl)cc1. The molecular formula is C21H23Cl2NO2. The molecule has 0 aliphatic heterocycles. The lowest BCUT2D eigenvalue weighted by Crippen LogP contribution is -2.27. The van der Waals surface area contributed by atoms with Gasteiger partial charge in [0.2, 0.25) is 5.91 Å². The zero-order valence-electron chi connectivity index (χ0n) is 15.1. The topological polar surface area (TPSA) is 38.3 Å². The highest BCUT2D eigenvalue weighted by Crippen LogP contribution is 2.24. The second-order valence-electron chi connectivity index (χ2n) is 6.46. The van der Waals surface area contributed by atoms with Crippen molar-refractivity contribution < 1.29 is 9.53 Å². The second-order valence-corrected chi connectivity index (χ2v) is 7.31. The van der Waals surface area contributed by atoms with Crippen LogP contribution in [0.3, 0.4) is 0 Å². The molecule has 1 N–H and O–H groups in total. The predicted octanol–water partition coefficient (Wildman–Crippen LogP) is 5.92. The van der Waals surface area contributed by atoms with Crippen LogP contribution in [0.4, 0.5) is 0 Å². The third kappa shape index (κ3) is 6.08. The summed E-state index contributed by atoms with van der Waals surface area (Å²) in [5, 5.41) is 4.14. The van der Waals surface area contributed by atoms with Gasteiger partial charge in [-0.3, -0.25) is 4.79 Å². The van der Waals surface area contributed by atoms with Gasteiger partial charge in [-0.05, 0) is 53.8 Å². The standard InChI is InChI=1S/C21H23Cl2NO2/c1-14(2)12-20(16-5-9-18(26-3)10-6-16)24-21(25)11-7-15-4-8-17(22)13-19(15)23/h4-11,13-14,20H,12H2,1-3H3,(H,24,25)/b11-7+/t20-/m0/s1. The molecule has 26 heavy (non-hydrogen) atoms. The van der Waals surface area contributed by atoms with E-state index in [0.29, 0.717) is 16.0 Å². The summed E-state index contributed by atoms with van der Waals surface area (Å²) in [5.74, 6) is 1.07. The Balaban J connectivity index is 2.11. The van der Waals surface area contributed by atoms with Crippen molar-refractivity contribution in [2.45, 2.75) is 26.3 Å². The Morgan fingerprint density at radius 3 is 2.42 bits per heavy atom. The molecule has 0 bridgehead atoms. The van der Waals surface area contributed by atoms with Gasteiger partial charge in [0.25, 0.3) is 0 Å². The smallest absolute Gasteiger partial charge is 0.244 e. The second kappa shape index (κ2) is 9.65. The van der Waals surface area contributed by atoms with Crippen LogP contribution in [0.2, 0.25) is 10.0 Å². The number of nitrogens with one attached hydrogen (secondary N) is 1. The minimum atomic E-state index is -0.169. The predicted molar refractivity (Wildman–Crippen MR) is 109 cm³/mol. The Morgan fingerprint density at radius 2 is 1.85 bits per heavy atom. The highest BCUT2D eigenvalue weighted by atomic mass is 35.5. The lowest BCUT2D eigenvalue weighted by Gasteiger charge is -2.20. The fourth-order valence-corrected chi connectivity index (χ4v) is 3.08. The minimum Gasteiger partial charge on any atom is -0.497 e. The molecule has 2 rings (SSSR count). The quantitative estimate of drug-likeness (QED) is 0.594. The van der Waals surface area contributed by atoms with Crippen molar-refractivity contribution in [1.29, 1.82) is 0 Å². The van der Waals surface area contributed by atoms with Gasteiger partial charge in [0.05, 0.1) is 13.2 Å². The van der Waals surface area contributed by atoms with Crippen molar-refractivity contribution in [1.82, 2.24) is 5.32 Å². The molecule has 0 aromatic heterocycles. The van der Waals surface area contributed by atoms with Crippen LogP contribution in [-0.4, -0.2) is 13.0 Å². The van der Waals surface area contributed by atoms with Gasteiger partial charge in [0, 0.05) is 16.1 Å². The molecule has 0 spiro atoms. The van der Waals surface area contributed by atoms with Crippen molar-refractivity contribution in [3.63, 3.8) is 0 Å². The molecule has 1 amide bonds. The van der Waals surface area contributed by atoms with Crippen molar-refractivity contribution in [3.05, 3.63) is 69.7 Å². The number of carbonyl (C=O) groups excluding carboxylic acids is 1. The Kier molecular flexibility index (Phi) is 7.55. The van der Waals surface area contributed by atoms with Crippen LogP contribution in [0.25, 0.3) is 6.08 Å². The number of ether oxygens (including phenoxy) is 1. The van der Waals surface area contributed by atoms with E-state index >= 15 is 0 Å². The van der Waals surface area contributed by atoms with E-state index in [0.717, 1.165) is 23.3 Å². The first kappa shape index (κ1) is 20.3. The van der Waals surface area contributed by atoms with Crippen LogP contribution in [0.1, 0.15) is 37.4 Å². The summed E-state index contributed by atoms with van der Waals surface area (Å²) in [6.07, 6.45) is 4.02. The molecule has 0 unspecified atom stereocenters. The monoisotopic (exact) mass is 391 g/mol. The van der Waals surface area contributed by atoms with Crippen LogP contribution in [0, 0.1) is 5.92 Å². The third-order valence-corrected chi connectivity index (χ3v) is 4.48. The molecule has 0 saturated carbocycles. The average molecular weight is 392 g/mol. The third-order valence-electron chi connectivity index (χ3n) is 3.92. The van der Waals surface area contributed by atoms with Crippen LogP contribution >= 0.6 is 23.2 Å². The first-order valence-corrected chi connectivity index (χ1v) is 9.22. The molecule has 0 fully saturated rings. The van der Waals surface area contributed by atoms with Crippen molar-refractivity contribution in [2.75, 3.05) is 7.11 Å². The average Bonchev–Trinajstić information content (AvgIpc) is 2.60. The van der Waals surface area contributed by atoms with E-state index < -0.39 is 0 Å². The number of methoxy groups -OCH3 is 1. The van der Waals surface area contributed by atoms with E-state index in [4.69, 9.17) is 27.9 Å². The maximum absolute atomic E-state index is 12.4. The summed E-state index contributed by atoms with van der Waals surface area (Å²) in [6.45, 7) is 4.26. The van der Waals surface area contributed by atoms with Crippen LogP contribution in [0.15, 0.2) is 48.5 Å². The number of benzene rings is 2. The van der Waals surface area contributed by atoms with Crippen molar-refractivity contribution >= 4 is 35.2 Å². The molecule has 0 aliphatic rings. The molecule has 2 aromatic carbocycles. The molecule has 0 aliphatic carbocycles. The van der Waals surface area contributed by atoms with Gasteiger partial charge in [0.15, 0.2) is 0 Å². The molecular weight excluding hydrogens is 369 g/mol. The highest BCUT2D eigenvalue weighted by molar-refractivity contribution is 6.35. The van der Waals surface area contributed by atoms with Gasteiger partial charge in [-0.15, -0.1) is 0 Å². The van der Waals surface area contributed by atoms with Gasteiger partial charge in [-0.2, -0.15) is 0 Å². The molecule has 0 radical (unpaired) electrons. The Bertz CT molecular complexity index is 770. The number of amides is 1. The Labute approximate surface area is 165 Å². The number of rotatable bonds is 7. The molecule has 0 saturated heterocycles. The molecule has 3 nitrogen and oxygen atoms in total. The van der Waals surface area contributed by atoms with Gasteiger partial charge >= 0.3 is 0 Å². The van der Waals surface area contributed by atoms with Gasteiger partial charge in [-0.1, -0.05) is 55.2 Å². The van der Waals surface area contributed by atoms with E-state index in [2.05, 4.69) is 19.2 Å². The van der Waals surface area contributed by atoms with E-state index in [1.165, 1.54) is 6.08 Å². The molecule has 0 heterocycles. The summed E-state index contributed by atoms with van der Waals surface area (Å²) in [6, 6.07) is 12.9. The summed E-state index contributed by atoms with van der Waals surface area (Å²) in [7, 11) is 1.63. The van der Waals surface area contributed by atoms with E-state index in [1.807, 2.05) is 24.3 Å². The van der Waals surface area contributed by atoms with Crippen molar-refractivity contribution in [3.8, 4) is 5.75 Å². The highest BCUT2D eigenvalue weighted by Gasteiger charge is 2.15. The first-order valence-electron chi connectivity index (χ1n) is 8.46. The molecule has 1 atom stereocenters. The molecule has 2 aromatic rings. The molecule has 138 valence electrons. The van der Waals surface area contributed by atoms with E-state index in [-0.39, 0.29) is 11.9 Å². The number of hydrogen-bond acceptors (Lipinski definition) is 2. The summed E-state index contributed by atoms with van der Waals surface area (Å²) in [4.78, 5) is 12.4. The minimum absolute atomic E-state index is 0.0706. The Hall–Kier alpha value is -1.97. The maximum atomic E-state index is 12.4. The summed E-state index contributed by atoms with van der Waals surface area (Å²) < 4.78 is 5.20. The molecule has 5 heteroatoms. The summed E-state index contributed by atoms with van der Waals surface area (Å²) >= 11 is 12.0. The maximum Gasteiger partial charge on any atom is 0.244 e. The zero-order valence-corrected chi connectivity index (χ0v) is 16.6. The summed E-state index contributed by atoms with van der Waals surface area (Å²) in [5.41, 5.74) is 1.79. The number of halogens is 2. The van der Waals surface area contributed by atoms with Crippen LogP contribution in [0.5, 0.6) is 5.75 Å². The van der Waals surface area contributed by atoms with E-state index in [9.17, 15) is 4.79 Å². The Morgan fingerprint density at radius 1 is 1.15 bits per heavy atom. The zero-order chi connectivity index (χ0) is 19.1. The fourth-order valence-electron chi connectivity index (χ4n) is 2.61. The van der Waals surface area contributed by atoms with Crippen LogP contribution < -0.4 is 10.1 Å². The van der Waals surface area contributed by atoms with Gasteiger partial charge < -0.3 is 10.1 Å². The largest absolute Gasteiger partial charge is 0.497 e. The van der Waals surface area contributed by atoms with Gasteiger partial charge in [-0.25, -0.2) is 0 Å². The lowest BCUT2D eigenvalue weighted by molar-refractivity contribution is -0.117. The van der Waals surface area contributed by atoms with Gasteiger partial charge in [0.1, 0.15) is 5.75 Å². The van der Waals surface area contributed by atoms with Crippen LogP contribution in [-0.2, 0) is 4.79 Å². The number of carbonyl (C=O) groups is 1. The van der Waals surface area contributed by atoms with Crippen molar-refractivity contribution in [2.24, 2.45) is 5.92 Å². The normalized spacial score (nSPS) is 12.4. The van der Waals surface area contributed by atoms with E-state index in [1.54, 1.807) is 31.4 Å². The lowest BCUT2D eigenvalue weighted by atomic mass is 9.97. The number of hydrogen-bond donors (Lipinski definition) is 1. The fraction of sp³-hybridized carbons (Fsp3) is 0.286. The first-order chi connectivity index (χ1) is 12.4.